The first-order valence-electron chi connectivity index (χ1n) is 11.8. The highest BCUT2D eigenvalue weighted by atomic mass is 32.2. The summed E-state index contributed by atoms with van der Waals surface area (Å²) in [6.07, 6.45) is 2.95. The number of nitrogens with two attached hydrogens (primary N) is 1. The van der Waals surface area contributed by atoms with Crippen molar-refractivity contribution in [2.24, 2.45) is 5.73 Å². The number of hydrogen-bond acceptors (Lipinski definition) is 6. The topological polar surface area (TPSA) is 111 Å². The first-order chi connectivity index (χ1) is 18.0. The lowest BCUT2D eigenvalue weighted by Gasteiger charge is -2.16. The largest absolute Gasteiger partial charge is 0.497 e. The number of pyridine rings is 1. The number of benzene rings is 2. The highest BCUT2D eigenvalue weighted by Gasteiger charge is 2.38. The quantitative estimate of drug-likeness (QED) is 0.472. The van der Waals surface area contributed by atoms with Crippen LogP contribution in [0.4, 0.5) is 13.2 Å². The smallest absolute Gasteiger partial charge is 0.417 e. The van der Waals surface area contributed by atoms with Crippen LogP contribution in [0.3, 0.4) is 0 Å². The molecule has 7 nitrogen and oxygen atoms in total. The summed E-state index contributed by atoms with van der Waals surface area (Å²) in [5.41, 5.74) is 6.32. The normalized spacial score (nSPS) is 14.6. The van der Waals surface area contributed by atoms with Crippen LogP contribution in [0.15, 0.2) is 70.7 Å². The molecular weight excluding hydrogens is 519 g/mol. The minimum absolute atomic E-state index is 0.0580. The minimum atomic E-state index is -4.90. The molecule has 0 saturated heterocycles. The molecule has 38 heavy (non-hydrogen) atoms. The number of carbonyl (C=O) groups excluding carboxylic acids is 1. The van der Waals surface area contributed by atoms with Gasteiger partial charge >= 0.3 is 6.18 Å². The van der Waals surface area contributed by atoms with Crippen LogP contribution in [0, 0.1) is 0 Å². The van der Waals surface area contributed by atoms with Crippen LogP contribution >= 0.6 is 0 Å². The van der Waals surface area contributed by atoms with Gasteiger partial charge in [0.25, 0.3) is 0 Å². The van der Waals surface area contributed by atoms with E-state index in [0.717, 1.165) is 41.0 Å². The highest BCUT2D eigenvalue weighted by molar-refractivity contribution is 7.91. The third kappa shape index (κ3) is 5.73. The SMILES string of the molecule is COc1ccc(S(=O)(=O)c2ccc(CNC(=O)C(N)C3=c4cnccc4=CCCC3)cc2)c(C(F)(F)F)c1. The van der Waals surface area contributed by atoms with Gasteiger partial charge in [0, 0.05) is 24.2 Å². The number of sulfone groups is 1. The van der Waals surface area contributed by atoms with E-state index in [1.54, 1.807) is 12.4 Å². The maximum Gasteiger partial charge on any atom is 0.417 e. The van der Waals surface area contributed by atoms with Crippen LogP contribution in [0.25, 0.3) is 11.6 Å². The molecule has 0 radical (unpaired) electrons. The average Bonchev–Trinajstić information content (AvgIpc) is 3.13. The summed E-state index contributed by atoms with van der Waals surface area (Å²) in [6.45, 7) is 0.0580. The number of ether oxygens (including phenoxy) is 1. The number of carbonyl (C=O) groups is 1. The number of nitrogens with one attached hydrogen (secondary N) is 1. The molecular formula is C27H26F3N3O4S. The molecule has 11 heteroatoms. The van der Waals surface area contributed by atoms with Crippen molar-refractivity contribution in [3.63, 3.8) is 0 Å². The first-order valence-corrected chi connectivity index (χ1v) is 13.3. The van der Waals surface area contributed by atoms with Crippen LogP contribution in [0.1, 0.15) is 30.4 Å². The van der Waals surface area contributed by atoms with E-state index in [4.69, 9.17) is 10.5 Å². The molecule has 200 valence electrons. The molecule has 1 amide bonds. The van der Waals surface area contributed by atoms with Crippen LogP contribution < -0.4 is 26.2 Å². The van der Waals surface area contributed by atoms with E-state index in [1.807, 2.05) is 6.07 Å². The van der Waals surface area contributed by atoms with Crippen molar-refractivity contribution >= 4 is 27.4 Å². The lowest BCUT2D eigenvalue weighted by molar-refractivity contribution is -0.140. The van der Waals surface area contributed by atoms with Crippen LogP contribution in [-0.2, 0) is 27.4 Å². The first kappa shape index (κ1) is 27.3. The van der Waals surface area contributed by atoms with Crippen molar-refractivity contribution in [1.82, 2.24) is 10.3 Å². The van der Waals surface area contributed by atoms with E-state index in [0.29, 0.717) is 18.1 Å². The fourth-order valence-electron chi connectivity index (χ4n) is 4.32. The third-order valence-electron chi connectivity index (χ3n) is 6.36. The molecule has 1 atom stereocenters. The maximum absolute atomic E-state index is 13.6. The van der Waals surface area contributed by atoms with Gasteiger partial charge in [-0.25, -0.2) is 8.42 Å². The third-order valence-corrected chi connectivity index (χ3v) is 8.18. The van der Waals surface area contributed by atoms with Crippen molar-refractivity contribution in [2.75, 3.05) is 7.11 Å². The van der Waals surface area contributed by atoms with Gasteiger partial charge in [0.2, 0.25) is 15.7 Å². The Hall–Kier alpha value is -3.70. The van der Waals surface area contributed by atoms with Gasteiger partial charge in [-0.2, -0.15) is 13.2 Å². The number of methoxy groups -OCH3 is 1. The Labute approximate surface area is 217 Å². The molecule has 0 aliphatic heterocycles. The van der Waals surface area contributed by atoms with Crippen molar-refractivity contribution in [3.05, 3.63) is 82.5 Å². The number of hydrogen-bond donors (Lipinski definition) is 2. The Bertz CT molecular complexity index is 1570. The lowest BCUT2D eigenvalue weighted by atomic mass is 10.00. The van der Waals surface area contributed by atoms with E-state index >= 15 is 0 Å². The molecule has 0 bridgehead atoms. The van der Waals surface area contributed by atoms with Crippen LogP contribution in [0.5, 0.6) is 5.75 Å². The molecule has 0 saturated carbocycles. The molecule has 1 aromatic heterocycles. The molecule has 1 aliphatic carbocycles. The molecule has 1 heterocycles. The number of halogens is 3. The van der Waals surface area contributed by atoms with Crippen molar-refractivity contribution < 1.29 is 31.1 Å². The van der Waals surface area contributed by atoms with Gasteiger partial charge in [-0.15, -0.1) is 0 Å². The molecule has 0 spiro atoms. The summed E-state index contributed by atoms with van der Waals surface area (Å²) >= 11 is 0. The Balaban J connectivity index is 1.52. The van der Waals surface area contributed by atoms with Gasteiger partial charge in [-0.3, -0.25) is 9.78 Å². The second kappa shape index (κ2) is 11.0. The van der Waals surface area contributed by atoms with Gasteiger partial charge < -0.3 is 15.8 Å². The van der Waals surface area contributed by atoms with E-state index in [9.17, 15) is 26.4 Å². The van der Waals surface area contributed by atoms with Crippen molar-refractivity contribution in [2.45, 2.75) is 47.8 Å². The second-order valence-corrected chi connectivity index (χ2v) is 10.7. The Morgan fingerprint density at radius 2 is 1.89 bits per heavy atom. The van der Waals surface area contributed by atoms with Gasteiger partial charge in [0.15, 0.2) is 0 Å². The molecule has 0 fully saturated rings. The number of alkyl halides is 3. The zero-order chi connectivity index (χ0) is 27.5. The zero-order valence-electron chi connectivity index (χ0n) is 20.5. The predicted molar refractivity (Wildman–Crippen MR) is 135 cm³/mol. The summed E-state index contributed by atoms with van der Waals surface area (Å²) < 4.78 is 71.6. The summed E-state index contributed by atoms with van der Waals surface area (Å²) in [5.74, 6) is -0.512. The van der Waals surface area contributed by atoms with E-state index < -0.39 is 38.4 Å². The van der Waals surface area contributed by atoms with E-state index in [-0.39, 0.29) is 17.2 Å². The highest BCUT2D eigenvalue weighted by Crippen LogP contribution is 2.38. The van der Waals surface area contributed by atoms with Gasteiger partial charge in [-0.05, 0) is 72.0 Å². The van der Waals surface area contributed by atoms with Crippen molar-refractivity contribution in [1.29, 1.82) is 0 Å². The fraction of sp³-hybridized carbons (Fsp3) is 0.259. The average molecular weight is 546 g/mol. The summed E-state index contributed by atoms with van der Waals surface area (Å²) in [7, 11) is -3.29. The molecule has 3 aromatic rings. The Kier molecular flexibility index (Phi) is 7.89. The number of rotatable bonds is 7. The van der Waals surface area contributed by atoms with Crippen LogP contribution in [-0.4, -0.2) is 32.5 Å². The second-order valence-electron chi connectivity index (χ2n) is 8.79. The summed E-state index contributed by atoms with van der Waals surface area (Å²) in [5, 5.41) is 4.58. The number of nitrogens with zero attached hydrogens (tertiary/aromatic N) is 1. The standard InChI is InChI=1S/C27H26F3N3O4S/c1-37-19-8-11-24(23(14-19)27(28,29)30)38(35,36)20-9-6-17(7-10-20)15-33-26(34)25(31)21-5-3-2-4-18-12-13-32-16-22(18)21/h4,6-14,16,25H,2-3,5,15,31H2,1H3,(H,33,34). The summed E-state index contributed by atoms with van der Waals surface area (Å²) in [4.78, 5) is 15.8. The maximum atomic E-state index is 13.6. The fourth-order valence-corrected chi connectivity index (χ4v) is 5.78. The van der Waals surface area contributed by atoms with E-state index in [2.05, 4.69) is 16.4 Å². The number of fused-ring (bicyclic) bond motifs is 1. The molecule has 3 N–H and O–H groups in total. The van der Waals surface area contributed by atoms with Crippen LogP contribution in [0.2, 0.25) is 0 Å². The molecule has 4 rings (SSSR count). The van der Waals surface area contributed by atoms with Gasteiger partial charge in [0.1, 0.15) is 11.8 Å². The number of amides is 1. The molecule has 1 unspecified atom stereocenters. The minimum Gasteiger partial charge on any atom is -0.497 e. The van der Waals surface area contributed by atoms with Gasteiger partial charge in [0.05, 0.1) is 22.5 Å². The Morgan fingerprint density at radius 3 is 2.58 bits per heavy atom. The van der Waals surface area contributed by atoms with E-state index in [1.165, 1.54) is 31.4 Å². The number of aromatic nitrogens is 1. The Morgan fingerprint density at radius 1 is 1.16 bits per heavy atom. The van der Waals surface area contributed by atoms with Gasteiger partial charge in [-0.1, -0.05) is 18.2 Å². The summed E-state index contributed by atoms with van der Waals surface area (Å²) in [6, 6.07) is 8.96. The molecule has 1 aliphatic rings. The predicted octanol–water partition coefficient (Wildman–Crippen LogP) is 2.70. The molecule has 2 aromatic carbocycles. The monoisotopic (exact) mass is 545 g/mol. The zero-order valence-corrected chi connectivity index (χ0v) is 21.3. The van der Waals surface area contributed by atoms with Crippen molar-refractivity contribution in [3.8, 4) is 5.75 Å². The lowest BCUT2D eigenvalue weighted by Crippen LogP contribution is -2.44.